The highest BCUT2D eigenvalue weighted by Crippen LogP contribution is 2.19. The Bertz CT molecular complexity index is 480. The number of carbonyl (C=O) groups excluding carboxylic acids is 1. The van der Waals surface area contributed by atoms with Gasteiger partial charge in [-0.1, -0.05) is 12.1 Å². The number of halogens is 1. The zero-order chi connectivity index (χ0) is 14.6. The Morgan fingerprint density at radius 3 is 2.32 bits per heavy atom. The summed E-state index contributed by atoms with van der Waals surface area (Å²) in [6.45, 7) is 5.40. The lowest BCUT2D eigenvalue weighted by atomic mass is 10.0. The van der Waals surface area contributed by atoms with Gasteiger partial charge in [-0.25, -0.2) is 4.39 Å². The lowest BCUT2D eigenvalue weighted by molar-refractivity contribution is -0.137. The van der Waals surface area contributed by atoms with Gasteiger partial charge >= 0.3 is 5.97 Å². The molecular formula is C14H18FNO3. The first-order valence-corrected chi connectivity index (χ1v) is 6.02. The van der Waals surface area contributed by atoms with Crippen LogP contribution in [0.2, 0.25) is 0 Å². The van der Waals surface area contributed by atoms with Crippen LogP contribution in [0.15, 0.2) is 24.3 Å². The molecule has 0 aliphatic heterocycles. The number of nitrogens with zero attached hydrogens (tertiary/aromatic N) is 1. The molecule has 0 heterocycles. The first-order valence-electron chi connectivity index (χ1n) is 6.02. The minimum atomic E-state index is -0.990. The van der Waals surface area contributed by atoms with Gasteiger partial charge in [0, 0.05) is 12.1 Å². The number of carboxylic acid groups (broad SMARTS) is 1. The van der Waals surface area contributed by atoms with E-state index >= 15 is 0 Å². The van der Waals surface area contributed by atoms with Gasteiger partial charge in [0.05, 0.1) is 12.0 Å². The molecule has 1 rings (SSSR count). The molecule has 104 valence electrons. The van der Waals surface area contributed by atoms with Crippen molar-refractivity contribution in [1.29, 1.82) is 0 Å². The Morgan fingerprint density at radius 1 is 1.26 bits per heavy atom. The molecule has 0 saturated heterocycles. The first kappa shape index (κ1) is 15.1. The summed E-state index contributed by atoms with van der Waals surface area (Å²) in [5, 5.41) is 8.72. The van der Waals surface area contributed by atoms with Gasteiger partial charge in [0.15, 0.2) is 0 Å². The van der Waals surface area contributed by atoms with Crippen LogP contribution in [0.3, 0.4) is 0 Å². The zero-order valence-electron chi connectivity index (χ0n) is 11.3. The minimum Gasteiger partial charge on any atom is -0.481 e. The maximum Gasteiger partial charge on any atom is 0.305 e. The summed E-state index contributed by atoms with van der Waals surface area (Å²) in [4.78, 5) is 24.3. The predicted molar refractivity (Wildman–Crippen MR) is 69.4 cm³/mol. The zero-order valence-corrected chi connectivity index (χ0v) is 11.3. The third kappa shape index (κ3) is 4.05. The molecule has 0 atom stereocenters. The number of carbonyl (C=O) groups is 2. The van der Waals surface area contributed by atoms with Gasteiger partial charge in [-0.2, -0.15) is 0 Å². The van der Waals surface area contributed by atoms with Crippen LogP contribution in [0.25, 0.3) is 0 Å². The molecule has 1 aromatic carbocycles. The van der Waals surface area contributed by atoms with Crippen LogP contribution < -0.4 is 0 Å². The van der Waals surface area contributed by atoms with Crippen molar-refractivity contribution < 1.29 is 19.1 Å². The van der Waals surface area contributed by atoms with Crippen LogP contribution >= 0.6 is 0 Å². The number of benzene rings is 1. The molecule has 0 spiro atoms. The molecule has 0 aliphatic carbocycles. The molecule has 0 saturated carbocycles. The van der Waals surface area contributed by atoms with Crippen molar-refractivity contribution in [2.45, 2.75) is 32.7 Å². The summed E-state index contributed by atoms with van der Waals surface area (Å²) in [5.41, 5.74) is -0.614. The SMILES string of the molecule is CC(C)(C)N(CCC(=O)O)C(=O)c1ccccc1F. The van der Waals surface area contributed by atoms with Gasteiger partial charge in [-0.05, 0) is 32.9 Å². The van der Waals surface area contributed by atoms with Crippen molar-refractivity contribution in [2.24, 2.45) is 0 Å². The molecule has 0 radical (unpaired) electrons. The number of amides is 1. The summed E-state index contributed by atoms with van der Waals surface area (Å²) in [5.74, 6) is -2.08. The lowest BCUT2D eigenvalue weighted by Crippen LogP contribution is -2.46. The lowest BCUT2D eigenvalue weighted by Gasteiger charge is -2.35. The minimum absolute atomic E-state index is 0.0391. The summed E-state index contributed by atoms with van der Waals surface area (Å²) in [7, 11) is 0. The van der Waals surface area contributed by atoms with Gasteiger partial charge in [-0.3, -0.25) is 9.59 Å². The van der Waals surface area contributed by atoms with Crippen LogP contribution in [0.1, 0.15) is 37.6 Å². The summed E-state index contributed by atoms with van der Waals surface area (Å²) >= 11 is 0. The van der Waals surface area contributed by atoms with E-state index in [2.05, 4.69) is 0 Å². The summed E-state index contributed by atoms with van der Waals surface area (Å²) < 4.78 is 13.6. The second kappa shape index (κ2) is 5.82. The highest BCUT2D eigenvalue weighted by atomic mass is 19.1. The number of hydrogen-bond donors (Lipinski definition) is 1. The van der Waals surface area contributed by atoms with E-state index in [0.717, 1.165) is 0 Å². The van der Waals surface area contributed by atoms with E-state index < -0.39 is 23.2 Å². The highest BCUT2D eigenvalue weighted by molar-refractivity contribution is 5.95. The van der Waals surface area contributed by atoms with Crippen molar-refractivity contribution in [3.8, 4) is 0 Å². The summed E-state index contributed by atoms with van der Waals surface area (Å²) in [6.07, 6.45) is -0.169. The molecule has 1 amide bonds. The molecule has 5 heteroatoms. The Labute approximate surface area is 111 Å². The molecule has 1 N–H and O–H groups in total. The van der Waals surface area contributed by atoms with Crippen molar-refractivity contribution in [3.63, 3.8) is 0 Å². The van der Waals surface area contributed by atoms with Crippen LogP contribution in [-0.2, 0) is 4.79 Å². The van der Waals surface area contributed by atoms with E-state index in [4.69, 9.17) is 5.11 Å². The first-order chi connectivity index (χ1) is 8.73. The fourth-order valence-electron chi connectivity index (χ4n) is 1.73. The van der Waals surface area contributed by atoms with E-state index in [9.17, 15) is 14.0 Å². The average Bonchev–Trinajstić information content (AvgIpc) is 2.27. The number of aliphatic carboxylic acids is 1. The van der Waals surface area contributed by atoms with Crippen LogP contribution in [-0.4, -0.2) is 34.0 Å². The van der Waals surface area contributed by atoms with Gasteiger partial charge < -0.3 is 10.0 Å². The van der Waals surface area contributed by atoms with Crippen molar-refractivity contribution in [3.05, 3.63) is 35.6 Å². The van der Waals surface area contributed by atoms with Crippen LogP contribution in [0.5, 0.6) is 0 Å². The predicted octanol–water partition coefficient (Wildman–Crippen LogP) is 2.54. The molecule has 0 aromatic heterocycles. The fourth-order valence-corrected chi connectivity index (χ4v) is 1.73. The quantitative estimate of drug-likeness (QED) is 0.912. The molecule has 0 fully saturated rings. The maximum absolute atomic E-state index is 13.6. The fraction of sp³-hybridized carbons (Fsp3) is 0.429. The molecule has 0 unspecified atom stereocenters. The highest BCUT2D eigenvalue weighted by Gasteiger charge is 2.28. The topological polar surface area (TPSA) is 57.6 Å². The molecule has 0 bridgehead atoms. The van der Waals surface area contributed by atoms with E-state index in [1.165, 1.54) is 23.1 Å². The van der Waals surface area contributed by atoms with E-state index in [0.29, 0.717) is 0 Å². The molecule has 4 nitrogen and oxygen atoms in total. The van der Waals surface area contributed by atoms with Gasteiger partial charge in [-0.15, -0.1) is 0 Å². The second-order valence-electron chi connectivity index (χ2n) is 5.25. The standard InChI is InChI=1S/C14H18FNO3/c1-14(2,3)16(9-8-12(17)18)13(19)10-6-4-5-7-11(10)15/h4-7H,8-9H2,1-3H3,(H,17,18). The van der Waals surface area contributed by atoms with E-state index in [-0.39, 0.29) is 18.5 Å². The van der Waals surface area contributed by atoms with Gasteiger partial charge in [0.2, 0.25) is 0 Å². The van der Waals surface area contributed by atoms with Crippen molar-refractivity contribution in [1.82, 2.24) is 4.90 Å². The maximum atomic E-state index is 13.6. The normalized spacial score (nSPS) is 11.2. The molecular weight excluding hydrogens is 249 g/mol. The Hall–Kier alpha value is -1.91. The molecule has 1 aromatic rings. The third-order valence-electron chi connectivity index (χ3n) is 2.71. The third-order valence-corrected chi connectivity index (χ3v) is 2.71. The molecule has 19 heavy (non-hydrogen) atoms. The smallest absolute Gasteiger partial charge is 0.305 e. The van der Waals surface area contributed by atoms with Crippen molar-refractivity contribution in [2.75, 3.05) is 6.54 Å². The Morgan fingerprint density at radius 2 is 1.84 bits per heavy atom. The number of hydrogen-bond acceptors (Lipinski definition) is 2. The largest absolute Gasteiger partial charge is 0.481 e. The van der Waals surface area contributed by atoms with E-state index in [1.807, 2.05) is 0 Å². The summed E-state index contributed by atoms with van der Waals surface area (Å²) in [6, 6.07) is 5.70. The van der Waals surface area contributed by atoms with Crippen molar-refractivity contribution >= 4 is 11.9 Å². The molecule has 0 aliphatic rings. The average molecular weight is 267 g/mol. The van der Waals surface area contributed by atoms with Gasteiger partial charge in [0.25, 0.3) is 5.91 Å². The van der Waals surface area contributed by atoms with Crippen LogP contribution in [0, 0.1) is 5.82 Å². The number of rotatable bonds is 4. The van der Waals surface area contributed by atoms with Crippen LogP contribution in [0.4, 0.5) is 4.39 Å². The monoisotopic (exact) mass is 267 g/mol. The van der Waals surface area contributed by atoms with E-state index in [1.54, 1.807) is 26.8 Å². The Balaban J connectivity index is 3.02. The second-order valence-corrected chi connectivity index (χ2v) is 5.25. The Kier molecular flexibility index (Phi) is 4.64. The van der Waals surface area contributed by atoms with Gasteiger partial charge in [0.1, 0.15) is 5.82 Å². The number of carboxylic acids is 1.